The molecule has 8 nitrogen and oxygen atoms in total. The minimum Gasteiger partial charge on any atom is -0.319 e. The van der Waals surface area contributed by atoms with E-state index >= 15 is 0 Å². The molecular weight excluding hydrogens is 476 g/mol. The second-order valence-corrected chi connectivity index (χ2v) is 9.58. The Balaban J connectivity index is 1.24. The van der Waals surface area contributed by atoms with E-state index in [2.05, 4.69) is 21.0 Å². The largest absolute Gasteiger partial charge is 0.319 e. The second kappa shape index (κ2) is 8.92. The Labute approximate surface area is 219 Å². The molecule has 0 aliphatic carbocycles. The molecule has 1 fully saturated rings. The molecule has 0 unspecified atom stereocenters. The first-order valence-electron chi connectivity index (χ1n) is 12.7. The fraction of sp³-hybridized carbons (Fsp3) is 0.167. The summed E-state index contributed by atoms with van der Waals surface area (Å²) in [7, 11) is 0. The Kier molecular flexibility index (Phi) is 5.25. The third-order valence-electron chi connectivity index (χ3n) is 7.37. The van der Waals surface area contributed by atoms with Crippen LogP contribution in [0.5, 0.6) is 0 Å². The molecule has 4 aromatic heterocycles. The molecule has 0 radical (unpaired) electrons. The number of nitrogens with zero attached hydrogens (tertiary/aromatic N) is 6. The molecule has 7 rings (SSSR count). The van der Waals surface area contributed by atoms with E-state index in [1.54, 1.807) is 17.3 Å². The Hall–Kier alpha value is -4.85. The minimum absolute atomic E-state index is 0.0812. The Morgan fingerprint density at radius 2 is 1.61 bits per heavy atom. The molecule has 6 heterocycles. The maximum absolute atomic E-state index is 13.4. The molecule has 2 amide bonds. The number of hydrogen-bond donors (Lipinski definition) is 0. The highest BCUT2D eigenvalue weighted by atomic mass is 16.2. The molecule has 0 spiro atoms. The molecule has 1 aromatic carbocycles. The first-order valence-corrected chi connectivity index (χ1v) is 12.7. The van der Waals surface area contributed by atoms with Crippen LogP contribution in [0.4, 0.5) is 11.5 Å². The van der Waals surface area contributed by atoms with Gasteiger partial charge < -0.3 is 9.47 Å². The van der Waals surface area contributed by atoms with Gasteiger partial charge in [0.1, 0.15) is 17.2 Å². The first kappa shape index (κ1) is 22.4. The van der Waals surface area contributed by atoms with Crippen LogP contribution in [0.25, 0.3) is 33.3 Å². The van der Waals surface area contributed by atoms with Crippen LogP contribution in [-0.4, -0.2) is 44.4 Å². The highest BCUT2D eigenvalue weighted by molar-refractivity contribution is 6.09. The minimum atomic E-state index is -0.0812. The molecule has 0 saturated carbocycles. The van der Waals surface area contributed by atoms with Crippen molar-refractivity contribution in [1.82, 2.24) is 19.5 Å². The van der Waals surface area contributed by atoms with E-state index in [-0.39, 0.29) is 11.8 Å². The van der Waals surface area contributed by atoms with Crippen LogP contribution in [0, 0.1) is 0 Å². The van der Waals surface area contributed by atoms with Crippen molar-refractivity contribution >= 4 is 34.4 Å². The van der Waals surface area contributed by atoms with Gasteiger partial charge in [0.15, 0.2) is 0 Å². The van der Waals surface area contributed by atoms with Crippen molar-refractivity contribution in [2.45, 2.75) is 19.4 Å². The lowest BCUT2D eigenvalue weighted by molar-refractivity contribution is -0.117. The van der Waals surface area contributed by atoms with E-state index in [1.165, 1.54) is 0 Å². The fourth-order valence-corrected chi connectivity index (χ4v) is 5.48. The fourth-order valence-electron chi connectivity index (χ4n) is 5.48. The maximum Gasteiger partial charge on any atom is 0.276 e. The van der Waals surface area contributed by atoms with Gasteiger partial charge in [-0.15, -0.1) is 0 Å². The van der Waals surface area contributed by atoms with Gasteiger partial charge in [0, 0.05) is 73.0 Å². The zero-order valence-electron chi connectivity index (χ0n) is 20.6. The monoisotopic (exact) mass is 500 g/mol. The summed E-state index contributed by atoms with van der Waals surface area (Å²) in [5.41, 5.74) is 6.25. The number of rotatable bonds is 4. The standard InChI is InChI=1S/C30H24N6O2/c37-28-5-3-13-34(28)23-8-6-20(7-9-23)21-16-22(19-31-18-21)24-10-12-33-29-25(24)17-26-30(38)36(15-14-35(26)29)27-4-1-2-11-32-27/h1-2,4,6-12,16-19H,3,5,13-15H2. The number of anilines is 2. The van der Waals surface area contributed by atoms with Crippen molar-refractivity contribution in [2.24, 2.45) is 0 Å². The van der Waals surface area contributed by atoms with Crippen molar-refractivity contribution in [2.75, 3.05) is 22.9 Å². The molecule has 5 aromatic rings. The number of pyridine rings is 3. The predicted octanol–water partition coefficient (Wildman–Crippen LogP) is 4.95. The summed E-state index contributed by atoms with van der Waals surface area (Å²) in [5, 5.41) is 0.917. The summed E-state index contributed by atoms with van der Waals surface area (Å²) in [6.45, 7) is 1.95. The van der Waals surface area contributed by atoms with Crippen LogP contribution in [0.1, 0.15) is 23.3 Å². The van der Waals surface area contributed by atoms with Gasteiger partial charge in [-0.2, -0.15) is 0 Å². The molecule has 38 heavy (non-hydrogen) atoms. The van der Waals surface area contributed by atoms with Crippen LogP contribution in [-0.2, 0) is 11.3 Å². The zero-order chi connectivity index (χ0) is 25.6. The number of benzene rings is 1. The third-order valence-corrected chi connectivity index (χ3v) is 7.37. The normalized spacial score (nSPS) is 15.4. The molecule has 1 saturated heterocycles. The summed E-state index contributed by atoms with van der Waals surface area (Å²) in [6, 6.07) is 19.7. The zero-order valence-corrected chi connectivity index (χ0v) is 20.6. The molecule has 186 valence electrons. The third kappa shape index (κ3) is 3.64. The van der Waals surface area contributed by atoms with Crippen LogP contribution in [0.3, 0.4) is 0 Å². The second-order valence-electron chi connectivity index (χ2n) is 9.58. The molecular formula is C30H24N6O2. The van der Waals surface area contributed by atoms with Gasteiger partial charge in [0.25, 0.3) is 5.91 Å². The van der Waals surface area contributed by atoms with Crippen molar-refractivity contribution in [3.8, 4) is 22.3 Å². The molecule has 0 bridgehead atoms. The van der Waals surface area contributed by atoms with Crippen molar-refractivity contribution < 1.29 is 9.59 Å². The van der Waals surface area contributed by atoms with Gasteiger partial charge in [0.2, 0.25) is 5.91 Å². The maximum atomic E-state index is 13.4. The van der Waals surface area contributed by atoms with Crippen LogP contribution < -0.4 is 9.80 Å². The Morgan fingerprint density at radius 3 is 2.39 bits per heavy atom. The van der Waals surface area contributed by atoms with Crippen molar-refractivity contribution in [3.05, 3.63) is 91.1 Å². The van der Waals surface area contributed by atoms with Gasteiger partial charge in [-0.1, -0.05) is 18.2 Å². The summed E-state index contributed by atoms with van der Waals surface area (Å²) < 4.78 is 2.00. The van der Waals surface area contributed by atoms with E-state index < -0.39 is 0 Å². The lowest BCUT2D eigenvalue weighted by atomic mass is 10.0. The van der Waals surface area contributed by atoms with Crippen LogP contribution in [0.2, 0.25) is 0 Å². The van der Waals surface area contributed by atoms with E-state index in [9.17, 15) is 9.59 Å². The highest BCUT2D eigenvalue weighted by Gasteiger charge is 2.29. The summed E-state index contributed by atoms with van der Waals surface area (Å²) in [6.07, 6.45) is 8.69. The van der Waals surface area contributed by atoms with E-state index in [4.69, 9.17) is 0 Å². The van der Waals surface area contributed by atoms with E-state index in [0.717, 1.165) is 51.9 Å². The van der Waals surface area contributed by atoms with Crippen LogP contribution >= 0.6 is 0 Å². The number of hydrogen-bond acceptors (Lipinski definition) is 5. The number of carbonyl (C=O) groups excluding carboxylic acids is 2. The molecule has 8 heteroatoms. The van der Waals surface area contributed by atoms with Gasteiger partial charge >= 0.3 is 0 Å². The lowest BCUT2D eigenvalue weighted by Gasteiger charge is -2.27. The smallest absolute Gasteiger partial charge is 0.276 e. The lowest BCUT2D eigenvalue weighted by Crippen LogP contribution is -2.40. The number of amides is 2. The summed E-state index contributed by atoms with van der Waals surface area (Å²) in [5.74, 6) is 0.751. The molecule has 0 N–H and O–H groups in total. The van der Waals surface area contributed by atoms with E-state index in [0.29, 0.717) is 31.0 Å². The quantitative estimate of drug-likeness (QED) is 0.349. The summed E-state index contributed by atoms with van der Waals surface area (Å²) >= 11 is 0. The Morgan fingerprint density at radius 1 is 0.737 bits per heavy atom. The molecule has 2 aliphatic heterocycles. The van der Waals surface area contributed by atoms with Gasteiger partial charge in [-0.3, -0.25) is 19.5 Å². The average Bonchev–Trinajstić information content (AvgIpc) is 3.58. The average molecular weight is 501 g/mol. The molecule has 0 atom stereocenters. The van der Waals surface area contributed by atoms with Crippen molar-refractivity contribution in [3.63, 3.8) is 0 Å². The van der Waals surface area contributed by atoms with Gasteiger partial charge in [-0.25, -0.2) is 9.97 Å². The van der Waals surface area contributed by atoms with Gasteiger partial charge in [-0.05, 0) is 60.0 Å². The SMILES string of the molecule is O=C1CCCN1c1ccc(-c2cncc(-c3ccnc4c3cc3n4CCN(c4ccccn4)C3=O)c2)cc1. The van der Waals surface area contributed by atoms with Crippen LogP contribution in [0.15, 0.2) is 85.5 Å². The topological polar surface area (TPSA) is 84.2 Å². The predicted molar refractivity (Wildman–Crippen MR) is 146 cm³/mol. The molecule has 2 aliphatic rings. The van der Waals surface area contributed by atoms with E-state index in [1.807, 2.05) is 76.5 Å². The number of carbonyl (C=O) groups is 2. The number of fused-ring (bicyclic) bond motifs is 3. The van der Waals surface area contributed by atoms with Gasteiger partial charge in [0.05, 0.1) is 0 Å². The Bertz CT molecular complexity index is 1690. The number of aromatic nitrogens is 4. The highest BCUT2D eigenvalue weighted by Crippen LogP contribution is 2.34. The summed E-state index contributed by atoms with van der Waals surface area (Å²) in [4.78, 5) is 42.6. The van der Waals surface area contributed by atoms with Crippen molar-refractivity contribution in [1.29, 1.82) is 0 Å². The first-order chi connectivity index (χ1) is 18.7.